The Morgan fingerprint density at radius 1 is 1.44 bits per heavy atom. The molecule has 1 N–H and O–H groups in total. The first-order valence-corrected chi connectivity index (χ1v) is 8.87. The summed E-state index contributed by atoms with van der Waals surface area (Å²) in [6, 6.07) is 7.12. The summed E-state index contributed by atoms with van der Waals surface area (Å²) in [4.78, 5) is 4.37. The average Bonchev–Trinajstić information content (AvgIpc) is 2.66. The Labute approximate surface area is 147 Å². The Bertz CT molecular complexity index is 809. The molecule has 3 fully saturated rings. The maximum absolute atomic E-state index is 13.4. The van der Waals surface area contributed by atoms with Crippen LogP contribution in [-0.2, 0) is 0 Å². The summed E-state index contributed by atoms with van der Waals surface area (Å²) >= 11 is 0. The van der Waals surface area contributed by atoms with Crippen molar-refractivity contribution in [3.8, 4) is 5.75 Å². The van der Waals surface area contributed by atoms with Crippen LogP contribution >= 0.6 is 0 Å². The van der Waals surface area contributed by atoms with Crippen LogP contribution in [0.1, 0.15) is 24.5 Å². The van der Waals surface area contributed by atoms with Gasteiger partial charge in [0, 0.05) is 30.3 Å². The van der Waals surface area contributed by atoms with Crippen molar-refractivity contribution in [2.24, 2.45) is 11.8 Å². The fraction of sp³-hybridized carbons (Fsp3) is 0.450. The highest BCUT2D eigenvalue weighted by atomic mass is 16.6. The number of benzene rings is 1. The van der Waals surface area contributed by atoms with Gasteiger partial charge < -0.3 is 19.7 Å². The Hall–Kier alpha value is -1.95. The summed E-state index contributed by atoms with van der Waals surface area (Å²) in [5, 5.41) is 25.4. The first-order chi connectivity index (χ1) is 12.1. The van der Waals surface area contributed by atoms with Gasteiger partial charge in [-0.1, -0.05) is 6.08 Å². The lowest BCUT2D eigenvalue weighted by molar-refractivity contribution is -0.929. The number of aromatic nitrogens is 1. The lowest BCUT2D eigenvalue weighted by Gasteiger charge is -2.61. The minimum Gasteiger partial charge on any atom is -0.632 e. The summed E-state index contributed by atoms with van der Waals surface area (Å²) in [5.74, 6) is 1.44. The second-order valence-corrected chi connectivity index (χ2v) is 7.34. The second kappa shape index (κ2) is 6.09. The van der Waals surface area contributed by atoms with Gasteiger partial charge in [-0.05, 0) is 35.7 Å². The number of rotatable bonds is 4. The van der Waals surface area contributed by atoms with Crippen LogP contribution in [-0.4, -0.2) is 41.0 Å². The van der Waals surface area contributed by atoms with E-state index in [1.54, 1.807) is 13.3 Å². The number of pyridine rings is 1. The average molecular weight is 340 g/mol. The van der Waals surface area contributed by atoms with Gasteiger partial charge in [-0.2, -0.15) is 0 Å². The van der Waals surface area contributed by atoms with Crippen molar-refractivity contribution in [1.82, 2.24) is 4.98 Å². The molecule has 3 aliphatic rings. The first-order valence-electron chi connectivity index (χ1n) is 8.87. The molecule has 132 valence electrons. The maximum Gasteiger partial charge on any atom is 0.132 e. The summed E-state index contributed by atoms with van der Waals surface area (Å²) in [5.41, 5.74) is 1.57. The Morgan fingerprint density at radius 3 is 3.00 bits per heavy atom. The fourth-order valence-electron chi connectivity index (χ4n) is 4.68. The lowest BCUT2D eigenvalue weighted by atomic mass is 9.73. The van der Waals surface area contributed by atoms with Crippen molar-refractivity contribution >= 4 is 10.9 Å². The number of quaternary nitrogens is 1. The van der Waals surface area contributed by atoms with Crippen molar-refractivity contribution in [1.29, 1.82) is 0 Å². The molecule has 1 unspecified atom stereocenters. The molecule has 3 aliphatic heterocycles. The van der Waals surface area contributed by atoms with Crippen molar-refractivity contribution < 1.29 is 14.5 Å². The van der Waals surface area contributed by atoms with E-state index in [0.717, 1.165) is 35.1 Å². The Morgan fingerprint density at radius 2 is 2.28 bits per heavy atom. The SMILES string of the molecule is C=C[C@H]1C[N@+]2([O-])CCC1C[C@@H]2[C@@H](O)c1ccnc2ccc(OC)cc12. The van der Waals surface area contributed by atoms with E-state index in [0.29, 0.717) is 19.0 Å². The largest absolute Gasteiger partial charge is 0.632 e. The molecule has 5 nitrogen and oxygen atoms in total. The highest BCUT2D eigenvalue weighted by molar-refractivity contribution is 5.83. The van der Waals surface area contributed by atoms with Crippen molar-refractivity contribution in [2.45, 2.75) is 25.0 Å². The molecule has 5 heteroatoms. The van der Waals surface area contributed by atoms with Crippen LogP contribution < -0.4 is 4.74 Å². The Kier molecular flexibility index (Phi) is 4.02. The van der Waals surface area contributed by atoms with E-state index < -0.39 is 6.10 Å². The van der Waals surface area contributed by atoms with E-state index in [1.807, 2.05) is 30.3 Å². The number of hydrogen-bond acceptors (Lipinski definition) is 4. The zero-order chi connectivity index (χ0) is 17.6. The van der Waals surface area contributed by atoms with Crippen molar-refractivity contribution in [3.63, 3.8) is 0 Å². The van der Waals surface area contributed by atoms with Crippen LogP contribution in [0.15, 0.2) is 43.1 Å². The number of hydrogen-bond donors (Lipinski definition) is 1. The van der Waals surface area contributed by atoms with Gasteiger partial charge in [0.2, 0.25) is 0 Å². The third kappa shape index (κ3) is 2.63. The van der Waals surface area contributed by atoms with Gasteiger partial charge in [0.15, 0.2) is 0 Å². The predicted molar refractivity (Wildman–Crippen MR) is 96.8 cm³/mol. The van der Waals surface area contributed by atoms with Crippen LogP contribution in [0.5, 0.6) is 5.75 Å². The molecule has 3 saturated heterocycles. The van der Waals surface area contributed by atoms with Gasteiger partial charge in [-0.25, -0.2) is 0 Å². The molecule has 5 atom stereocenters. The van der Waals surface area contributed by atoms with Crippen LogP contribution in [0, 0.1) is 17.0 Å². The zero-order valence-corrected chi connectivity index (χ0v) is 14.5. The lowest BCUT2D eigenvalue weighted by Crippen LogP contribution is -2.64. The topological polar surface area (TPSA) is 65.4 Å². The third-order valence-corrected chi connectivity index (χ3v) is 6.12. The number of piperidine rings is 3. The quantitative estimate of drug-likeness (QED) is 0.527. The smallest absolute Gasteiger partial charge is 0.132 e. The number of fused-ring (bicyclic) bond motifs is 4. The van der Waals surface area contributed by atoms with E-state index in [9.17, 15) is 10.3 Å². The van der Waals surface area contributed by atoms with Gasteiger partial charge in [0.25, 0.3) is 0 Å². The number of ether oxygens (including phenoxy) is 1. The molecular formula is C20H24N2O3. The van der Waals surface area contributed by atoms with Gasteiger partial charge in [0.05, 0.1) is 25.7 Å². The molecule has 0 saturated carbocycles. The molecule has 0 amide bonds. The molecule has 2 aromatic rings. The van der Waals surface area contributed by atoms with E-state index in [4.69, 9.17) is 4.74 Å². The Balaban J connectivity index is 1.73. The summed E-state index contributed by atoms with van der Waals surface area (Å²) in [6.07, 6.45) is 4.49. The fourth-order valence-corrected chi connectivity index (χ4v) is 4.68. The zero-order valence-electron chi connectivity index (χ0n) is 14.5. The molecule has 0 radical (unpaired) electrons. The molecule has 25 heavy (non-hydrogen) atoms. The number of methoxy groups -OCH3 is 1. The minimum absolute atomic E-state index is 0.268. The highest BCUT2D eigenvalue weighted by Crippen LogP contribution is 2.46. The standard InChI is InChI=1S/C20H24N2O3/c1-3-13-12-22(24)9-7-14(13)10-19(22)20(23)16-6-8-21-18-5-4-15(25-2)11-17(16)18/h3-6,8,11,13-14,19-20,23H,1,7,9-10,12H2,2H3/t13-,14?,19+,20-,22+/m0/s1. The van der Waals surface area contributed by atoms with Gasteiger partial charge >= 0.3 is 0 Å². The van der Waals surface area contributed by atoms with Crippen molar-refractivity contribution in [2.75, 3.05) is 20.2 Å². The predicted octanol–water partition coefficient (Wildman–Crippen LogP) is 3.19. The monoisotopic (exact) mass is 340 g/mol. The minimum atomic E-state index is -0.802. The molecule has 2 bridgehead atoms. The number of hydroxylamine groups is 3. The molecule has 0 aliphatic carbocycles. The molecule has 4 heterocycles. The van der Waals surface area contributed by atoms with Crippen molar-refractivity contribution in [3.05, 3.63) is 53.9 Å². The summed E-state index contributed by atoms with van der Waals surface area (Å²) < 4.78 is 5.00. The van der Waals surface area contributed by atoms with Crippen LogP contribution in [0.2, 0.25) is 0 Å². The van der Waals surface area contributed by atoms with E-state index in [2.05, 4.69) is 11.6 Å². The molecule has 1 aromatic carbocycles. The van der Waals surface area contributed by atoms with Gasteiger partial charge in [0.1, 0.15) is 17.9 Å². The summed E-state index contributed by atoms with van der Waals surface area (Å²) in [6.45, 7) is 5.01. The van der Waals surface area contributed by atoms with Gasteiger partial charge in [-0.15, -0.1) is 6.58 Å². The second-order valence-electron chi connectivity index (χ2n) is 7.34. The van der Waals surface area contributed by atoms with E-state index in [-0.39, 0.29) is 16.6 Å². The van der Waals surface area contributed by atoms with E-state index in [1.165, 1.54) is 0 Å². The normalized spacial score (nSPS) is 32.5. The number of nitrogens with zero attached hydrogens (tertiary/aromatic N) is 2. The number of aliphatic hydroxyl groups excluding tert-OH is 1. The molecule has 0 spiro atoms. The first kappa shape index (κ1) is 16.5. The number of aliphatic hydroxyl groups is 1. The third-order valence-electron chi connectivity index (χ3n) is 6.12. The molecule has 5 rings (SSSR count). The van der Waals surface area contributed by atoms with Gasteiger partial charge in [-0.3, -0.25) is 4.98 Å². The van der Waals surface area contributed by atoms with Crippen LogP contribution in [0.4, 0.5) is 0 Å². The highest BCUT2D eigenvalue weighted by Gasteiger charge is 2.49. The molecular weight excluding hydrogens is 316 g/mol. The molecule has 1 aromatic heterocycles. The van der Waals surface area contributed by atoms with Crippen LogP contribution in [0.3, 0.4) is 0 Å². The maximum atomic E-state index is 13.4. The van der Waals surface area contributed by atoms with E-state index >= 15 is 0 Å². The summed E-state index contributed by atoms with van der Waals surface area (Å²) in [7, 11) is 1.62. The van der Waals surface area contributed by atoms with Crippen LogP contribution in [0.25, 0.3) is 10.9 Å².